The van der Waals surface area contributed by atoms with Gasteiger partial charge in [0, 0.05) is 32.1 Å². The largest absolute Gasteiger partial charge is 0.342 e. The smallest absolute Gasteiger partial charge is 0.226 e. The van der Waals surface area contributed by atoms with Gasteiger partial charge in [-0.25, -0.2) is 0 Å². The Labute approximate surface area is 114 Å². The van der Waals surface area contributed by atoms with Crippen LogP contribution < -0.4 is 5.32 Å². The van der Waals surface area contributed by atoms with Crippen molar-refractivity contribution in [1.29, 1.82) is 0 Å². The summed E-state index contributed by atoms with van der Waals surface area (Å²) in [6.07, 6.45) is 0.321. The van der Waals surface area contributed by atoms with Gasteiger partial charge in [0.2, 0.25) is 11.8 Å². The van der Waals surface area contributed by atoms with E-state index in [9.17, 15) is 9.59 Å². The lowest BCUT2D eigenvalue weighted by Gasteiger charge is -2.22. The van der Waals surface area contributed by atoms with Crippen molar-refractivity contribution < 1.29 is 9.59 Å². The molecule has 0 aliphatic heterocycles. The van der Waals surface area contributed by atoms with E-state index in [0.717, 1.165) is 5.69 Å². The van der Waals surface area contributed by atoms with Crippen LogP contribution in [-0.2, 0) is 9.59 Å². The van der Waals surface area contributed by atoms with Crippen LogP contribution >= 0.6 is 0 Å². The number of anilines is 1. The molecule has 1 N–H and O–H groups in total. The maximum atomic E-state index is 11.8. The lowest BCUT2D eigenvalue weighted by molar-refractivity contribution is -0.129. The van der Waals surface area contributed by atoms with Crippen LogP contribution in [0.15, 0.2) is 30.3 Å². The lowest BCUT2D eigenvalue weighted by atomic mass is 10.2. The van der Waals surface area contributed by atoms with Gasteiger partial charge in [0.05, 0.1) is 0 Å². The summed E-state index contributed by atoms with van der Waals surface area (Å²) in [5.74, 6) is 0.350. The minimum absolute atomic E-state index is 0.0150. The quantitative estimate of drug-likeness (QED) is 0.856. The zero-order valence-electron chi connectivity index (χ0n) is 11.8. The molecule has 4 nitrogen and oxygen atoms in total. The highest BCUT2D eigenvalue weighted by molar-refractivity contribution is 5.91. The second kappa shape index (κ2) is 7.56. The molecule has 0 bridgehead atoms. The third kappa shape index (κ3) is 6.04. The Hall–Kier alpha value is -1.84. The van der Waals surface area contributed by atoms with Gasteiger partial charge in [0.25, 0.3) is 0 Å². The number of amides is 2. The molecule has 0 saturated carbocycles. The van der Waals surface area contributed by atoms with Crippen molar-refractivity contribution in [3.8, 4) is 0 Å². The van der Waals surface area contributed by atoms with E-state index in [1.54, 1.807) is 4.90 Å². The number of nitrogens with zero attached hydrogens (tertiary/aromatic N) is 1. The van der Waals surface area contributed by atoms with Crippen molar-refractivity contribution in [3.63, 3.8) is 0 Å². The van der Waals surface area contributed by atoms with Gasteiger partial charge in [-0.2, -0.15) is 0 Å². The molecule has 0 spiro atoms. The number of carbonyl (C=O) groups is 2. The maximum absolute atomic E-state index is 11.8. The lowest BCUT2D eigenvalue weighted by Crippen LogP contribution is -2.34. The van der Waals surface area contributed by atoms with Crippen molar-refractivity contribution in [3.05, 3.63) is 30.3 Å². The van der Waals surface area contributed by atoms with Crippen LogP contribution in [0.5, 0.6) is 0 Å². The highest BCUT2D eigenvalue weighted by atomic mass is 16.2. The van der Waals surface area contributed by atoms with Crippen molar-refractivity contribution in [2.24, 2.45) is 5.92 Å². The fourth-order valence-corrected chi connectivity index (χ4v) is 1.80. The first kappa shape index (κ1) is 15.2. The van der Waals surface area contributed by atoms with Crippen LogP contribution in [0.25, 0.3) is 0 Å². The van der Waals surface area contributed by atoms with E-state index < -0.39 is 0 Å². The molecule has 0 radical (unpaired) electrons. The molecule has 2 amide bonds. The Bertz CT molecular complexity index is 415. The number of benzene rings is 1. The molecule has 0 heterocycles. The minimum atomic E-state index is -0.0683. The minimum Gasteiger partial charge on any atom is -0.342 e. The summed E-state index contributed by atoms with van der Waals surface area (Å²) >= 11 is 0. The fourth-order valence-electron chi connectivity index (χ4n) is 1.80. The number of para-hydroxylation sites is 1. The average Bonchev–Trinajstić information content (AvgIpc) is 2.35. The molecule has 19 heavy (non-hydrogen) atoms. The molecule has 1 aromatic rings. The Balaban J connectivity index is 2.42. The highest BCUT2D eigenvalue weighted by Gasteiger charge is 2.12. The molecule has 0 unspecified atom stereocenters. The normalized spacial score (nSPS) is 10.3. The number of rotatable bonds is 6. The Kier molecular flexibility index (Phi) is 6.06. The predicted octanol–water partition coefficient (Wildman–Crippen LogP) is 2.52. The van der Waals surface area contributed by atoms with E-state index in [1.807, 2.05) is 30.3 Å². The van der Waals surface area contributed by atoms with Gasteiger partial charge < -0.3 is 10.2 Å². The summed E-state index contributed by atoms with van der Waals surface area (Å²) in [4.78, 5) is 24.9. The average molecular weight is 262 g/mol. The van der Waals surface area contributed by atoms with E-state index in [1.165, 1.54) is 6.92 Å². The molecule has 4 heteroatoms. The van der Waals surface area contributed by atoms with E-state index in [0.29, 0.717) is 25.4 Å². The second-order valence-corrected chi connectivity index (χ2v) is 5.02. The van der Waals surface area contributed by atoms with Crippen molar-refractivity contribution >= 4 is 17.5 Å². The number of carbonyl (C=O) groups excluding carboxylic acids is 2. The molecular weight excluding hydrogens is 240 g/mol. The molecule has 0 aromatic heterocycles. The molecule has 104 valence electrons. The summed E-state index contributed by atoms with van der Waals surface area (Å²) in [6.45, 7) is 6.80. The van der Waals surface area contributed by atoms with Crippen LogP contribution in [0, 0.1) is 5.92 Å². The summed E-state index contributed by atoms with van der Waals surface area (Å²) in [5.41, 5.74) is 0.783. The Morgan fingerprint density at radius 3 is 2.37 bits per heavy atom. The van der Waals surface area contributed by atoms with Gasteiger partial charge in [-0.3, -0.25) is 9.59 Å². The molecule has 0 aliphatic rings. The van der Waals surface area contributed by atoms with Crippen molar-refractivity contribution in [2.75, 3.05) is 18.4 Å². The molecule has 0 fully saturated rings. The maximum Gasteiger partial charge on any atom is 0.226 e. The first-order chi connectivity index (χ1) is 8.99. The van der Waals surface area contributed by atoms with Crippen LogP contribution in [0.4, 0.5) is 5.69 Å². The standard InChI is InChI=1S/C15H22N2O2/c1-12(2)11-17(13(3)18)10-9-15(19)16-14-7-5-4-6-8-14/h4-8,12H,9-11H2,1-3H3,(H,16,19). The zero-order valence-corrected chi connectivity index (χ0v) is 11.8. The van der Waals surface area contributed by atoms with E-state index in [-0.39, 0.29) is 11.8 Å². The summed E-state index contributed by atoms with van der Waals surface area (Å²) in [5, 5.41) is 2.81. The molecular formula is C15H22N2O2. The Morgan fingerprint density at radius 1 is 1.21 bits per heavy atom. The number of hydrogen-bond acceptors (Lipinski definition) is 2. The SMILES string of the molecule is CC(=O)N(CCC(=O)Nc1ccccc1)CC(C)C. The van der Waals surface area contributed by atoms with Crippen LogP contribution in [0.2, 0.25) is 0 Å². The molecule has 1 rings (SSSR count). The van der Waals surface area contributed by atoms with Crippen LogP contribution in [0.1, 0.15) is 27.2 Å². The van der Waals surface area contributed by atoms with E-state index in [4.69, 9.17) is 0 Å². The molecule has 0 saturated heterocycles. The number of nitrogens with one attached hydrogen (secondary N) is 1. The van der Waals surface area contributed by atoms with Gasteiger partial charge in [0.1, 0.15) is 0 Å². The van der Waals surface area contributed by atoms with Crippen molar-refractivity contribution in [2.45, 2.75) is 27.2 Å². The fraction of sp³-hybridized carbons (Fsp3) is 0.467. The van der Waals surface area contributed by atoms with Gasteiger partial charge >= 0.3 is 0 Å². The first-order valence-corrected chi connectivity index (χ1v) is 6.59. The van der Waals surface area contributed by atoms with E-state index >= 15 is 0 Å². The summed E-state index contributed by atoms with van der Waals surface area (Å²) in [6, 6.07) is 9.33. The first-order valence-electron chi connectivity index (χ1n) is 6.59. The topological polar surface area (TPSA) is 49.4 Å². The molecule has 1 aromatic carbocycles. The van der Waals surface area contributed by atoms with Gasteiger partial charge in [-0.15, -0.1) is 0 Å². The highest BCUT2D eigenvalue weighted by Crippen LogP contribution is 2.06. The monoisotopic (exact) mass is 262 g/mol. The second-order valence-electron chi connectivity index (χ2n) is 5.02. The summed E-state index contributed by atoms with van der Waals surface area (Å²) in [7, 11) is 0. The number of hydrogen-bond donors (Lipinski definition) is 1. The zero-order chi connectivity index (χ0) is 14.3. The third-order valence-electron chi connectivity index (χ3n) is 2.70. The summed E-state index contributed by atoms with van der Waals surface area (Å²) < 4.78 is 0. The van der Waals surface area contributed by atoms with Crippen LogP contribution in [0.3, 0.4) is 0 Å². The predicted molar refractivity (Wildman–Crippen MR) is 76.8 cm³/mol. The molecule has 0 aliphatic carbocycles. The third-order valence-corrected chi connectivity index (χ3v) is 2.70. The van der Waals surface area contributed by atoms with Crippen molar-refractivity contribution in [1.82, 2.24) is 4.90 Å². The van der Waals surface area contributed by atoms with Gasteiger partial charge in [-0.1, -0.05) is 32.0 Å². The van der Waals surface area contributed by atoms with Gasteiger partial charge in [-0.05, 0) is 18.1 Å². The van der Waals surface area contributed by atoms with Gasteiger partial charge in [0.15, 0.2) is 0 Å². The van der Waals surface area contributed by atoms with E-state index in [2.05, 4.69) is 19.2 Å². The van der Waals surface area contributed by atoms with Crippen LogP contribution in [-0.4, -0.2) is 29.8 Å². The molecule has 0 atom stereocenters. The Morgan fingerprint density at radius 2 is 1.84 bits per heavy atom.